The number of carbonyl (C=O) groups is 1. The SMILES string of the molecule is CCN(CC(=O)OC)c1ccc(-c2ccccc2)cc1. The highest BCUT2D eigenvalue weighted by molar-refractivity contribution is 5.76. The summed E-state index contributed by atoms with van der Waals surface area (Å²) in [6.45, 7) is 3.06. The van der Waals surface area contributed by atoms with Crippen LogP contribution < -0.4 is 4.90 Å². The number of benzene rings is 2. The van der Waals surface area contributed by atoms with Gasteiger partial charge in [0.05, 0.1) is 7.11 Å². The van der Waals surface area contributed by atoms with Crippen molar-refractivity contribution in [2.24, 2.45) is 0 Å². The van der Waals surface area contributed by atoms with Crippen molar-refractivity contribution in [1.29, 1.82) is 0 Å². The Morgan fingerprint density at radius 3 is 2.15 bits per heavy atom. The molecule has 0 fully saturated rings. The minimum Gasteiger partial charge on any atom is -0.468 e. The topological polar surface area (TPSA) is 29.5 Å². The number of likely N-dealkylation sites (N-methyl/N-ethyl adjacent to an activating group) is 1. The van der Waals surface area contributed by atoms with E-state index >= 15 is 0 Å². The first-order chi connectivity index (χ1) is 9.74. The average molecular weight is 269 g/mol. The van der Waals surface area contributed by atoms with E-state index in [0.29, 0.717) is 0 Å². The van der Waals surface area contributed by atoms with Gasteiger partial charge in [0.2, 0.25) is 0 Å². The number of carbonyl (C=O) groups excluding carboxylic acids is 1. The Morgan fingerprint density at radius 1 is 1.00 bits per heavy atom. The van der Waals surface area contributed by atoms with E-state index < -0.39 is 0 Å². The van der Waals surface area contributed by atoms with Crippen molar-refractivity contribution in [2.75, 3.05) is 25.1 Å². The van der Waals surface area contributed by atoms with E-state index in [1.54, 1.807) is 0 Å². The molecule has 2 rings (SSSR count). The third-order valence-corrected chi connectivity index (χ3v) is 3.27. The minimum absolute atomic E-state index is 0.223. The second-order valence-corrected chi connectivity index (χ2v) is 4.50. The van der Waals surface area contributed by atoms with Gasteiger partial charge < -0.3 is 9.64 Å². The van der Waals surface area contributed by atoms with Crippen LogP contribution in [0, 0.1) is 0 Å². The van der Waals surface area contributed by atoms with Crippen LogP contribution >= 0.6 is 0 Å². The van der Waals surface area contributed by atoms with Crippen LogP contribution in [0.2, 0.25) is 0 Å². The summed E-state index contributed by atoms with van der Waals surface area (Å²) < 4.78 is 4.72. The van der Waals surface area contributed by atoms with Crippen LogP contribution in [-0.2, 0) is 9.53 Å². The van der Waals surface area contributed by atoms with Gasteiger partial charge in [0.15, 0.2) is 0 Å². The lowest BCUT2D eigenvalue weighted by Crippen LogP contribution is -2.30. The summed E-state index contributed by atoms with van der Waals surface area (Å²) in [6, 6.07) is 18.4. The Hall–Kier alpha value is -2.29. The molecule has 0 unspecified atom stereocenters. The van der Waals surface area contributed by atoms with Gasteiger partial charge in [-0.25, -0.2) is 0 Å². The summed E-state index contributed by atoms with van der Waals surface area (Å²) in [5, 5.41) is 0. The zero-order valence-corrected chi connectivity index (χ0v) is 11.9. The highest BCUT2D eigenvalue weighted by atomic mass is 16.5. The third-order valence-electron chi connectivity index (χ3n) is 3.27. The average Bonchev–Trinajstić information content (AvgIpc) is 2.53. The maximum Gasteiger partial charge on any atom is 0.325 e. The maximum atomic E-state index is 11.4. The fourth-order valence-electron chi connectivity index (χ4n) is 2.10. The second-order valence-electron chi connectivity index (χ2n) is 4.50. The Bertz CT molecular complexity index is 549. The maximum absolute atomic E-state index is 11.4. The molecule has 0 saturated carbocycles. The van der Waals surface area contributed by atoms with Gasteiger partial charge >= 0.3 is 5.97 Å². The molecule has 0 spiro atoms. The molecule has 2 aromatic rings. The van der Waals surface area contributed by atoms with Gasteiger partial charge in [-0.2, -0.15) is 0 Å². The molecule has 0 aliphatic carbocycles. The molecule has 0 aromatic heterocycles. The second kappa shape index (κ2) is 6.75. The lowest BCUT2D eigenvalue weighted by molar-refractivity contribution is -0.138. The lowest BCUT2D eigenvalue weighted by Gasteiger charge is -2.21. The number of hydrogen-bond acceptors (Lipinski definition) is 3. The Kier molecular flexibility index (Phi) is 4.77. The number of methoxy groups -OCH3 is 1. The number of anilines is 1. The van der Waals surface area contributed by atoms with Crippen LogP contribution in [0.4, 0.5) is 5.69 Å². The summed E-state index contributed by atoms with van der Waals surface area (Å²) in [5.74, 6) is -0.223. The molecule has 0 aliphatic rings. The molecule has 0 N–H and O–H groups in total. The van der Waals surface area contributed by atoms with E-state index in [1.165, 1.54) is 18.2 Å². The Labute approximate surface area is 119 Å². The van der Waals surface area contributed by atoms with Crippen molar-refractivity contribution < 1.29 is 9.53 Å². The summed E-state index contributed by atoms with van der Waals surface area (Å²) in [5.41, 5.74) is 3.39. The molecule has 2 aromatic carbocycles. The summed E-state index contributed by atoms with van der Waals surface area (Å²) in [7, 11) is 1.41. The molecule has 0 aliphatic heterocycles. The van der Waals surface area contributed by atoms with E-state index in [9.17, 15) is 4.79 Å². The van der Waals surface area contributed by atoms with Gasteiger partial charge in [0.25, 0.3) is 0 Å². The van der Waals surface area contributed by atoms with Gasteiger partial charge in [0, 0.05) is 12.2 Å². The van der Waals surface area contributed by atoms with Gasteiger partial charge in [-0.3, -0.25) is 4.79 Å². The first kappa shape index (κ1) is 14.1. The van der Waals surface area contributed by atoms with E-state index in [-0.39, 0.29) is 12.5 Å². The molecule has 0 saturated heterocycles. The van der Waals surface area contributed by atoms with Crippen LogP contribution in [0.3, 0.4) is 0 Å². The van der Waals surface area contributed by atoms with Crippen molar-refractivity contribution in [2.45, 2.75) is 6.92 Å². The number of esters is 1. The van der Waals surface area contributed by atoms with Crippen LogP contribution in [0.5, 0.6) is 0 Å². The van der Waals surface area contributed by atoms with Gasteiger partial charge in [0.1, 0.15) is 6.54 Å². The zero-order chi connectivity index (χ0) is 14.4. The van der Waals surface area contributed by atoms with E-state index in [0.717, 1.165) is 12.2 Å². The Morgan fingerprint density at radius 2 is 1.60 bits per heavy atom. The molecule has 0 bridgehead atoms. The summed E-state index contributed by atoms with van der Waals surface area (Å²) >= 11 is 0. The first-order valence-corrected chi connectivity index (χ1v) is 6.72. The fourth-order valence-corrected chi connectivity index (χ4v) is 2.10. The predicted molar refractivity (Wildman–Crippen MR) is 81.8 cm³/mol. The minimum atomic E-state index is -0.223. The Balaban J connectivity index is 2.16. The molecule has 104 valence electrons. The van der Waals surface area contributed by atoms with Crippen molar-refractivity contribution in [1.82, 2.24) is 0 Å². The molecule has 0 amide bonds. The predicted octanol–water partition coefficient (Wildman–Crippen LogP) is 3.35. The fraction of sp³-hybridized carbons (Fsp3) is 0.235. The first-order valence-electron chi connectivity index (χ1n) is 6.72. The molecular weight excluding hydrogens is 250 g/mol. The smallest absolute Gasteiger partial charge is 0.325 e. The number of hydrogen-bond donors (Lipinski definition) is 0. The van der Waals surface area contributed by atoms with Crippen LogP contribution in [0.25, 0.3) is 11.1 Å². The lowest BCUT2D eigenvalue weighted by atomic mass is 10.1. The molecule has 3 nitrogen and oxygen atoms in total. The largest absolute Gasteiger partial charge is 0.468 e. The highest BCUT2D eigenvalue weighted by Gasteiger charge is 2.10. The highest BCUT2D eigenvalue weighted by Crippen LogP contribution is 2.22. The molecule has 20 heavy (non-hydrogen) atoms. The zero-order valence-electron chi connectivity index (χ0n) is 11.9. The van der Waals surface area contributed by atoms with Gasteiger partial charge in [-0.1, -0.05) is 42.5 Å². The summed E-state index contributed by atoms with van der Waals surface area (Å²) in [6.07, 6.45) is 0. The van der Waals surface area contributed by atoms with E-state index in [4.69, 9.17) is 4.74 Å². The van der Waals surface area contributed by atoms with Crippen molar-refractivity contribution >= 4 is 11.7 Å². The van der Waals surface area contributed by atoms with Gasteiger partial charge in [-0.15, -0.1) is 0 Å². The molecule has 0 heterocycles. The van der Waals surface area contributed by atoms with Gasteiger partial charge in [-0.05, 0) is 30.2 Å². The van der Waals surface area contributed by atoms with Crippen LogP contribution in [-0.4, -0.2) is 26.2 Å². The quantitative estimate of drug-likeness (QED) is 0.780. The molecular formula is C17H19NO2. The normalized spacial score (nSPS) is 10.1. The van der Waals surface area contributed by atoms with E-state index in [2.05, 4.69) is 24.3 Å². The molecule has 0 atom stereocenters. The van der Waals surface area contributed by atoms with Crippen molar-refractivity contribution in [3.8, 4) is 11.1 Å². The number of rotatable bonds is 5. The van der Waals surface area contributed by atoms with Crippen molar-refractivity contribution in [3.63, 3.8) is 0 Å². The summed E-state index contributed by atoms with van der Waals surface area (Å²) in [4.78, 5) is 13.4. The molecule has 0 radical (unpaired) electrons. The number of nitrogens with zero attached hydrogens (tertiary/aromatic N) is 1. The monoisotopic (exact) mass is 269 g/mol. The van der Waals surface area contributed by atoms with Crippen LogP contribution in [0.15, 0.2) is 54.6 Å². The standard InChI is InChI=1S/C17H19NO2/c1-3-18(13-17(19)20-2)16-11-9-15(10-12-16)14-7-5-4-6-8-14/h4-12H,3,13H2,1-2H3. The number of ether oxygens (including phenoxy) is 1. The van der Waals surface area contributed by atoms with E-state index in [1.807, 2.05) is 42.2 Å². The van der Waals surface area contributed by atoms with Crippen LogP contribution in [0.1, 0.15) is 6.92 Å². The molecule has 3 heteroatoms. The third kappa shape index (κ3) is 3.38. The van der Waals surface area contributed by atoms with Crippen molar-refractivity contribution in [3.05, 3.63) is 54.6 Å².